The first kappa shape index (κ1) is 11.8. The highest BCUT2D eigenvalue weighted by molar-refractivity contribution is 5.56. The van der Waals surface area contributed by atoms with Crippen LogP contribution in [0.15, 0.2) is 6.20 Å². The number of nitrogens with one attached hydrogen (secondary N) is 1. The standard InChI is InChI=1S/C10H16N4O3/c1-7-10(2,4-5-17-7)11-9-8(14(15)16)6-13(3)12-9/h6-7H,4-5H2,1-3H3,(H,11,12). The van der Waals surface area contributed by atoms with Crippen LogP contribution in [0.2, 0.25) is 0 Å². The zero-order chi connectivity index (χ0) is 12.6. The van der Waals surface area contributed by atoms with Gasteiger partial charge in [-0.05, 0) is 20.3 Å². The zero-order valence-corrected chi connectivity index (χ0v) is 10.1. The second kappa shape index (κ2) is 3.99. The molecule has 1 saturated heterocycles. The van der Waals surface area contributed by atoms with Gasteiger partial charge in [0.2, 0.25) is 5.82 Å². The van der Waals surface area contributed by atoms with Gasteiger partial charge in [-0.2, -0.15) is 0 Å². The molecule has 0 saturated carbocycles. The molecular weight excluding hydrogens is 224 g/mol. The maximum absolute atomic E-state index is 10.9. The van der Waals surface area contributed by atoms with Crippen LogP contribution < -0.4 is 5.32 Å². The van der Waals surface area contributed by atoms with Crippen molar-refractivity contribution < 1.29 is 9.66 Å². The van der Waals surface area contributed by atoms with E-state index in [1.165, 1.54) is 10.9 Å². The van der Waals surface area contributed by atoms with Crippen molar-refractivity contribution in [1.29, 1.82) is 0 Å². The molecule has 7 heteroatoms. The summed E-state index contributed by atoms with van der Waals surface area (Å²) in [5.41, 5.74) is -0.313. The predicted octanol–water partition coefficient (Wildman–Crippen LogP) is 1.31. The Kier molecular flexibility index (Phi) is 2.78. The second-order valence-electron chi connectivity index (χ2n) is 4.60. The maximum atomic E-state index is 10.9. The van der Waals surface area contributed by atoms with E-state index in [9.17, 15) is 10.1 Å². The van der Waals surface area contributed by atoms with E-state index in [0.717, 1.165) is 6.42 Å². The SMILES string of the molecule is CC1OCCC1(C)Nc1nn(C)cc1[N+](=O)[O-]. The average Bonchev–Trinajstić information content (AvgIpc) is 2.72. The van der Waals surface area contributed by atoms with E-state index in [1.807, 2.05) is 13.8 Å². The number of anilines is 1. The van der Waals surface area contributed by atoms with Crippen LogP contribution in [-0.4, -0.2) is 33.0 Å². The van der Waals surface area contributed by atoms with Gasteiger partial charge in [-0.1, -0.05) is 0 Å². The summed E-state index contributed by atoms with van der Waals surface area (Å²) < 4.78 is 6.92. The molecule has 1 N–H and O–H groups in total. The Morgan fingerprint density at radius 2 is 2.47 bits per heavy atom. The molecule has 1 aliphatic heterocycles. The number of rotatable bonds is 3. The third-order valence-corrected chi connectivity index (χ3v) is 3.30. The summed E-state index contributed by atoms with van der Waals surface area (Å²) >= 11 is 0. The fourth-order valence-electron chi connectivity index (χ4n) is 1.97. The molecule has 0 aliphatic carbocycles. The summed E-state index contributed by atoms with van der Waals surface area (Å²) in [6.45, 7) is 4.60. The fourth-order valence-corrected chi connectivity index (χ4v) is 1.97. The first-order valence-electron chi connectivity index (χ1n) is 5.50. The molecule has 7 nitrogen and oxygen atoms in total. The van der Waals surface area contributed by atoms with Crippen molar-refractivity contribution >= 4 is 11.5 Å². The van der Waals surface area contributed by atoms with Crippen LogP contribution in [0.5, 0.6) is 0 Å². The smallest absolute Gasteiger partial charge is 0.330 e. The number of ether oxygens (including phenoxy) is 1. The molecule has 1 aliphatic rings. The number of hydrogen-bond acceptors (Lipinski definition) is 5. The first-order chi connectivity index (χ1) is 7.92. The van der Waals surface area contributed by atoms with Crippen molar-refractivity contribution in [3.8, 4) is 0 Å². The highest BCUT2D eigenvalue weighted by atomic mass is 16.6. The quantitative estimate of drug-likeness (QED) is 0.636. The number of nitrogens with zero attached hydrogens (tertiary/aromatic N) is 3. The topological polar surface area (TPSA) is 82.2 Å². The van der Waals surface area contributed by atoms with E-state index in [1.54, 1.807) is 7.05 Å². The minimum absolute atomic E-state index is 0.00381. The second-order valence-corrected chi connectivity index (χ2v) is 4.60. The van der Waals surface area contributed by atoms with E-state index in [2.05, 4.69) is 10.4 Å². The Morgan fingerprint density at radius 1 is 1.76 bits per heavy atom. The van der Waals surface area contributed by atoms with Crippen LogP contribution in [0.4, 0.5) is 11.5 Å². The average molecular weight is 240 g/mol. The molecule has 94 valence electrons. The molecule has 1 aromatic heterocycles. The molecule has 0 aromatic carbocycles. The Labute approximate surface area is 98.9 Å². The molecular formula is C10H16N4O3. The first-order valence-corrected chi connectivity index (χ1v) is 5.50. The van der Waals surface area contributed by atoms with Crippen molar-refractivity contribution in [2.75, 3.05) is 11.9 Å². The zero-order valence-electron chi connectivity index (χ0n) is 10.1. The highest BCUT2D eigenvalue weighted by Crippen LogP contribution is 2.32. The molecule has 0 amide bonds. The molecule has 1 aromatic rings. The summed E-state index contributed by atoms with van der Waals surface area (Å²) in [6.07, 6.45) is 2.21. The van der Waals surface area contributed by atoms with Crippen LogP contribution in [0.1, 0.15) is 20.3 Å². The van der Waals surface area contributed by atoms with E-state index < -0.39 is 4.92 Å². The Balaban J connectivity index is 2.26. The normalized spacial score (nSPS) is 28.3. The highest BCUT2D eigenvalue weighted by Gasteiger charge is 2.39. The Morgan fingerprint density at radius 3 is 3.00 bits per heavy atom. The lowest BCUT2D eigenvalue weighted by Crippen LogP contribution is -2.41. The van der Waals surface area contributed by atoms with E-state index >= 15 is 0 Å². The van der Waals surface area contributed by atoms with Gasteiger partial charge in [-0.15, -0.1) is 5.10 Å². The molecule has 2 atom stereocenters. The van der Waals surface area contributed by atoms with Crippen molar-refractivity contribution in [2.45, 2.75) is 31.9 Å². The lowest BCUT2D eigenvalue weighted by Gasteiger charge is -2.28. The Bertz CT molecular complexity index is 445. The number of nitro groups is 1. The minimum atomic E-state index is -0.431. The van der Waals surface area contributed by atoms with Gasteiger partial charge in [0.05, 0.1) is 16.6 Å². The molecule has 0 spiro atoms. The lowest BCUT2D eigenvalue weighted by atomic mass is 9.95. The van der Waals surface area contributed by atoms with Crippen LogP contribution in [0.25, 0.3) is 0 Å². The van der Waals surface area contributed by atoms with E-state index in [0.29, 0.717) is 12.4 Å². The van der Waals surface area contributed by atoms with Gasteiger partial charge in [-0.25, -0.2) is 0 Å². The molecule has 17 heavy (non-hydrogen) atoms. The van der Waals surface area contributed by atoms with Gasteiger partial charge in [0, 0.05) is 13.7 Å². The molecule has 2 unspecified atom stereocenters. The number of hydrogen-bond donors (Lipinski definition) is 1. The third kappa shape index (κ3) is 2.10. The van der Waals surface area contributed by atoms with Gasteiger partial charge < -0.3 is 10.1 Å². The van der Waals surface area contributed by atoms with Crippen LogP contribution in [0.3, 0.4) is 0 Å². The summed E-state index contributed by atoms with van der Waals surface area (Å²) in [4.78, 5) is 10.4. The summed E-state index contributed by atoms with van der Waals surface area (Å²) in [5, 5.41) is 18.1. The van der Waals surface area contributed by atoms with Crippen molar-refractivity contribution in [3.05, 3.63) is 16.3 Å². The largest absolute Gasteiger partial charge is 0.376 e. The number of aromatic nitrogens is 2. The van der Waals surface area contributed by atoms with Gasteiger partial charge in [0.15, 0.2) is 0 Å². The lowest BCUT2D eigenvalue weighted by molar-refractivity contribution is -0.384. The van der Waals surface area contributed by atoms with Crippen LogP contribution >= 0.6 is 0 Å². The van der Waals surface area contributed by atoms with Crippen LogP contribution in [-0.2, 0) is 11.8 Å². The van der Waals surface area contributed by atoms with Gasteiger partial charge in [-0.3, -0.25) is 14.8 Å². The fraction of sp³-hybridized carbons (Fsp3) is 0.700. The van der Waals surface area contributed by atoms with Crippen molar-refractivity contribution in [2.24, 2.45) is 7.05 Å². The van der Waals surface area contributed by atoms with Crippen molar-refractivity contribution in [3.63, 3.8) is 0 Å². The molecule has 2 rings (SSSR count). The molecule has 2 heterocycles. The molecule has 0 radical (unpaired) electrons. The van der Waals surface area contributed by atoms with Gasteiger partial charge in [0.1, 0.15) is 6.20 Å². The monoisotopic (exact) mass is 240 g/mol. The van der Waals surface area contributed by atoms with Crippen molar-refractivity contribution in [1.82, 2.24) is 9.78 Å². The van der Waals surface area contributed by atoms with E-state index in [-0.39, 0.29) is 17.3 Å². The summed E-state index contributed by atoms with van der Waals surface area (Å²) in [6, 6.07) is 0. The van der Waals surface area contributed by atoms with Gasteiger partial charge in [0.25, 0.3) is 0 Å². The summed E-state index contributed by atoms with van der Waals surface area (Å²) in [5.74, 6) is 0.303. The molecule has 0 bridgehead atoms. The molecule has 1 fully saturated rings. The third-order valence-electron chi connectivity index (χ3n) is 3.30. The van der Waals surface area contributed by atoms with E-state index in [4.69, 9.17) is 4.74 Å². The van der Waals surface area contributed by atoms with Gasteiger partial charge >= 0.3 is 5.69 Å². The maximum Gasteiger partial charge on any atom is 0.330 e. The minimum Gasteiger partial charge on any atom is -0.376 e. The summed E-state index contributed by atoms with van der Waals surface area (Å²) in [7, 11) is 1.66. The Hall–Kier alpha value is -1.63. The van der Waals surface area contributed by atoms with Crippen LogP contribution in [0, 0.1) is 10.1 Å². The predicted molar refractivity (Wildman–Crippen MR) is 61.9 cm³/mol. The number of aryl methyl sites for hydroxylation is 1.